The summed E-state index contributed by atoms with van der Waals surface area (Å²) in [5.41, 5.74) is -0.558. The van der Waals surface area contributed by atoms with Crippen LogP contribution in [0.1, 0.15) is 13.8 Å². The lowest BCUT2D eigenvalue weighted by Crippen LogP contribution is -1.95. The third kappa shape index (κ3) is 5.98. The molecule has 0 aromatic heterocycles. The number of rotatable bonds is 1. The predicted octanol–water partition coefficient (Wildman–Crippen LogP) is 0.604. The maximum absolute atomic E-state index is 10.1. The molecular weight excluding hydrogens is 112 g/mol. The highest BCUT2D eigenvalue weighted by Gasteiger charge is 1.97. The second-order valence-electron chi connectivity index (χ2n) is 1.21. The number of thioether (sulfide) groups is 1. The Morgan fingerprint density at radius 3 is 2.29 bits per heavy atom. The highest BCUT2D eigenvalue weighted by molar-refractivity contribution is 8.13. The standard InChI is InChI=1S/C4H8O2S/c1-3(5)7-4(2)6/h3,5H,1-2H3/t3-/m0/s1. The Hall–Kier alpha value is -0.0200. The van der Waals surface area contributed by atoms with E-state index in [0.29, 0.717) is 0 Å². The van der Waals surface area contributed by atoms with Crippen molar-refractivity contribution in [1.29, 1.82) is 0 Å². The fourth-order valence-corrected chi connectivity index (χ4v) is 0.721. The molecule has 1 N–H and O–H groups in total. The first-order valence-electron chi connectivity index (χ1n) is 1.98. The van der Waals surface area contributed by atoms with E-state index in [1.807, 2.05) is 0 Å². The summed E-state index contributed by atoms with van der Waals surface area (Å²) in [6, 6.07) is 0. The van der Waals surface area contributed by atoms with Crippen molar-refractivity contribution in [3.63, 3.8) is 0 Å². The van der Waals surface area contributed by atoms with E-state index in [1.165, 1.54) is 6.92 Å². The molecule has 0 bridgehead atoms. The van der Waals surface area contributed by atoms with Crippen molar-refractivity contribution in [2.24, 2.45) is 0 Å². The molecule has 0 aromatic rings. The van der Waals surface area contributed by atoms with Gasteiger partial charge in [-0.15, -0.1) is 0 Å². The van der Waals surface area contributed by atoms with Crippen LogP contribution in [0, 0.1) is 0 Å². The number of aliphatic hydroxyl groups excluding tert-OH is 1. The molecule has 7 heavy (non-hydrogen) atoms. The minimum atomic E-state index is -0.558. The van der Waals surface area contributed by atoms with Crippen LogP contribution >= 0.6 is 11.8 Å². The van der Waals surface area contributed by atoms with Gasteiger partial charge in [0.05, 0.1) is 0 Å². The fourth-order valence-electron chi connectivity index (χ4n) is 0.240. The molecule has 0 aliphatic heterocycles. The zero-order valence-electron chi connectivity index (χ0n) is 4.34. The van der Waals surface area contributed by atoms with Gasteiger partial charge in [-0.1, -0.05) is 11.8 Å². The molecule has 1 atom stereocenters. The van der Waals surface area contributed by atoms with Crippen molar-refractivity contribution in [1.82, 2.24) is 0 Å². The van der Waals surface area contributed by atoms with Crippen LogP contribution in [0.5, 0.6) is 0 Å². The van der Waals surface area contributed by atoms with Crippen molar-refractivity contribution in [2.45, 2.75) is 19.3 Å². The van der Waals surface area contributed by atoms with E-state index in [0.717, 1.165) is 11.8 Å². The van der Waals surface area contributed by atoms with E-state index in [9.17, 15) is 4.79 Å². The largest absolute Gasteiger partial charge is 0.382 e. The van der Waals surface area contributed by atoms with Crippen LogP contribution in [0.2, 0.25) is 0 Å². The van der Waals surface area contributed by atoms with E-state index in [4.69, 9.17) is 5.11 Å². The maximum Gasteiger partial charge on any atom is 0.188 e. The number of carbonyl (C=O) groups excluding carboxylic acids is 1. The highest BCUT2D eigenvalue weighted by Crippen LogP contribution is 2.05. The van der Waals surface area contributed by atoms with Crippen molar-refractivity contribution < 1.29 is 9.90 Å². The van der Waals surface area contributed by atoms with Crippen LogP contribution in [0.3, 0.4) is 0 Å². The van der Waals surface area contributed by atoms with Gasteiger partial charge < -0.3 is 5.11 Å². The molecule has 0 rings (SSSR count). The van der Waals surface area contributed by atoms with Gasteiger partial charge in [0.1, 0.15) is 5.44 Å². The lowest BCUT2D eigenvalue weighted by Gasteiger charge is -1.94. The van der Waals surface area contributed by atoms with Crippen molar-refractivity contribution >= 4 is 16.9 Å². The molecule has 0 amide bonds. The third-order valence-electron chi connectivity index (χ3n) is 0.337. The summed E-state index contributed by atoms with van der Waals surface area (Å²) >= 11 is 0.926. The molecule has 0 aliphatic carbocycles. The Morgan fingerprint density at radius 1 is 1.86 bits per heavy atom. The zero-order chi connectivity index (χ0) is 5.86. The summed E-state index contributed by atoms with van der Waals surface area (Å²) in [5.74, 6) is 0. The third-order valence-corrected chi connectivity index (χ3v) is 1.01. The van der Waals surface area contributed by atoms with Gasteiger partial charge in [0.2, 0.25) is 0 Å². The predicted molar refractivity (Wildman–Crippen MR) is 30.0 cm³/mol. The Balaban J connectivity index is 3.13. The average molecular weight is 120 g/mol. The van der Waals surface area contributed by atoms with Crippen LogP contribution in [-0.2, 0) is 4.79 Å². The van der Waals surface area contributed by atoms with Gasteiger partial charge in [-0.2, -0.15) is 0 Å². The topological polar surface area (TPSA) is 37.3 Å². The van der Waals surface area contributed by atoms with Gasteiger partial charge in [-0.25, -0.2) is 0 Å². The second kappa shape index (κ2) is 3.04. The van der Waals surface area contributed by atoms with Gasteiger partial charge in [0.15, 0.2) is 5.12 Å². The Kier molecular flexibility index (Phi) is 3.04. The van der Waals surface area contributed by atoms with Crippen molar-refractivity contribution in [3.8, 4) is 0 Å². The molecule has 0 aromatic carbocycles. The average Bonchev–Trinajstić information content (AvgIpc) is 1.27. The summed E-state index contributed by atoms with van der Waals surface area (Å²) < 4.78 is 0. The second-order valence-corrected chi connectivity index (χ2v) is 2.70. The molecule has 0 spiro atoms. The van der Waals surface area contributed by atoms with E-state index < -0.39 is 5.44 Å². The quantitative estimate of drug-likeness (QED) is 0.515. The summed E-state index contributed by atoms with van der Waals surface area (Å²) in [6.45, 7) is 2.99. The van der Waals surface area contributed by atoms with E-state index in [1.54, 1.807) is 6.92 Å². The maximum atomic E-state index is 10.1. The van der Waals surface area contributed by atoms with Crippen LogP contribution in [-0.4, -0.2) is 15.7 Å². The lowest BCUT2D eigenvalue weighted by molar-refractivity contribution is -0.109. The van der Waals surface area contributed by atoms with Gasteiger partial charge in [0, 0.05) is 6.92 Å². The van der Waals surface area contributed by atoms with E-state index in [2.05, 4.69) is 0 Å². The molecular formula is C4H8O2S. The van der Waals surface area contributed by atoms with Crippen LogP contribution < -0.4 is 0 Å². The zero-order valence-corrected chi connectivity index (χ0v) is 5.16. The molecule has 42 valence electrons. The van der Waals surface area contributed by atoms with Gasteiger partial charge in [-0.3, -0.25) is 4.79 Å². The molecule has 0 fully saturated rings. The Labute approximate surface area is 46.9 Å². The number of aliphatic hydroxyl groups is 1. The van der Waals surface area contributed by atoms with Gasteiger partial charge in [-0.05, 0) is 6.92 Å². The SMILES string of the molecule is CC(=O)S[C@@H](C)O. The number of carbonyl (C=O) groups is 1. The summed E-state index contributed by atoms with van der Waals surface area (Å²) in [6.07, 6.45) is 0. The van der Waals surface area contributed by atoms with Crippen molar-refractivity contribution in [3.05, 3.63) is 0 Å². The van der Waals surface area contributed by atoms with Crippen LogP contribution in [0.4, 0.5) is 0 Å². The molecule has 0 saturated carbocycles. The van der Waals surface area contributed by atoms with Crippen LogP contribution in [0.25, 0.3) is 0 Å². The van der Waals surface area contributed by atoms with Gasteiger partial charge >= 0.3 is 0 Å². The first-order chi connectivity index (χ1) is 3.13. The summed E-state index contributed by atoms with van der Waals surface area (Å²) in [5, 5.41) is 8.42. The lowest BCUT2D eigenvalue weighted by atomic mass is 10.9. The molecule has 3 heteroatoms. The minimum absolute atomic E-state index is 0.0463. The smallest absolute Gasteiger partial charge is 0.188 e. The first kappa shape index (κ1) is 6.98. The van der Waals surface area contributed by atoms with Gasteiger partial charge in [0.25, 0.3) is 0 Å². The van der Waals surface area contributed by atoms with Crippen LogP contribution in [0.15, 0.2) is 0 Å². The fraction of sp³-hybridized carbons (Fsp3) is 0.750. The summed E-state index contributed by atoms with van der Waals surface area (Å²) in [4.78, 5) is 10.1. The molecule has 0 heterocycles. The minimum Gasteiger partial charge on any atom is -0.382 e. The molecule has 0 saturated heterocycles. The summed E-state index contributed by atoms with van der Waals surface area (Å²) in [7, 11) is 0. The molecule has 0 radical (unpaired) electrons. The van der Waals surface area contributed by atoms with E-state index >= 15 is 0 Å². The molecule has 0 unspecified atom stereocenters. The highest BCUT2D eigenvalue weighted by atomic mass is 32.2. The number of hydrogen-bond acceptors (Lipinski definition) is 3. The Morgan fingerprint density at radius 2 is 2.29 bits per heavy atom. The Bertz CT molecular complexity index is 70.1. The normalized spacial score (nSPS) is 13.6. The number of hydrogen-bond donors (Lipinski definition) is 1. The van der Waals surface area contributed by atoms with Crippen molar-refractivity contribution in [2.75, 3.05) is 0 Å². The monoisotopic (exact) mass is 120 g/mol. The molecule has 2 nitrogen and oxygen atoms in total. The van der Waals surface area contributed by atoms with E-state index in [-0.39, 0.29) is 5.12 Å². The molecule has 0 aliphatic rings. The first-order valence-corrected chi connectivity index (χ1v) is 2.86.